The SMILES string of the molecule is O=C(CCl)NOC1Cc2cccc3cccc1c23. The largest absolute Gasteiger partial charge is 0.271 e. The van der Waals surface area contributed by atoms with Crippen LogP contribution in [0.4, 0.5) is 0 Å². The zero-order valence-electron chi connectivity index (χ0n) is 9.65. The van der Waals surface area contributed by atoms with E-state index in [4.69, 9.17) is 16.4 Å². The molecular weight excluding hydrogens is 250 g/mol. The predicted molar refractivity (Wildman–Crippen MR) is 70.3 cm³/mol. The molecule has 4 heteroatoms. The van der Waals surface area contributed by atoms with Gasteiger partial charge >= 0.3 is 0 Å². The number of hydrogen-bond acceptors (Lipinski definition) is 2. The Labute approximate surface area is 110 Å². The van der Waals surface area contributed by atoms with Crippen molar-refractivity contribution in [1.82, 2.24) is 5.48 Å². The van der Waals surface area contributed by atoms with E-state index < -0.39 is 0 Å². The van der Waals surface area contributed by atoms with Crippen molar-refractivity contribution >= 4 is 28.3 Å². The quantitative estimate of drug-likeness (QED) is 0.682. The lowest BCUT2D eigenvalue weighted by Gasteiger charge is -2.12. The van der Waals surface area contributed by atoms with Crippen molar-refractivity contribution in [2.75, 3.05) is 5.88 Å². The molecule has 0 heterocycles. The second-order valence-corrected chi connectivity index (χ2v) is 4.60. The van der Waals surface area contributed by atoms with Gasteiger partial charge in [-0.1, -0.05) is 36.4 Å². The molecule has 0 aromatic heterocycles. The molecular formula is C14H12ClNO2. The summed E-state index contributed by atoms with van der Waals surface area (Å²) in [5.41, 5.74) is 4.76. The molecule has 1 aliphatic carbocycles. The molecule has 0 aliphatic heterocycles. The summed E-state index contributed by atoms with van der Waals surface area (Å²) in [5.74, 6) is -0.413. The molecule has 1 unspecified atom stereocenters. The van der Waals surface area contributed by atoms with Crippen molar-refractivity contribution in [2.24, 2.45) is 0 Å². The number of rotatable bonds is 3. The third-order valence-electron chi connectivity index (χ3n) is 3.21. The minimum absolute atomic E-state index is 0.0934. The zero-order chi connectivity index (χ0) is 12.5. The van der Waals surface area contributed by atoms with Crippen molar-refractivity contribution in [1.29, 1.82) is 0 Å². The van der Waals surface area contributed by atoms with Crippen LogP contribution in [0.3, 0.4) is 0 Å². The maximum Gasteiger partial charge on any atom is 0.258 e. The van der Waals surface area contributed by atoms with Gasteiger partial charge < -0.3 is 0 Å². The fourth-order valence-electron chi connectivity index (χ4n) is 2.47. The van der Waals surface area contributed by atoms with E-state index in [1.807, 2.05) is 18.2 Å². The van der Waals surface area contributed by atoms with Gasteiger partial charge in [0.1, 0.15) is 12.0 Å². The van der Waals surface area contributed by atoms with E-state index in [0.717, 1.165) is 12.0 Å². The molecule has 1 amide bonds. The first-order valence-corrected chi connectivity index (χ1v) is 6.34. The Morgan fingerprint density at radius 1 is 1.33 bits per heavy atom. The van der Waals surface area contributed by atoms with Gasteiger partial charge in [-0.25, -0.2) is 5.48 Å². The molecule has 0 spiro atoms. The number of nitrogens with one attached hydrogen (secondary N) is 1. The molecule has 1 atom stereocenters. The van der Waals surface area contributed by atoms with Crippen molar-refractivity contribution in [2.45, 2.75) is 12.5 Å². The zero-order valence-corrected chi connectivity index (χ0v) is 10.4. The molecule has 2 aromatic rings. The van der Waals surface area contributed by atoms with Gasteiger partial charge in [-0.15, -0.1) is 11.6 Å². The van der Waals surface area contributed by atoms with E-state index in [-0.39, 0.29) is 17.9 Å². The Kier molecular flexibility index (Phi) is 2.94. The fourth-order valence-corrected chi connectivity index (χ4v) is 2.52. The van der Waals surface area contributed by atoms with Gasteiger partial charge in [-0.2, -0.15) is 0 Å². The Hall–Kier alpha value is -1.58. The lowest BCUT2D eigenvalue weighted by Crippen LogP contribution is -2.26. The highest BCUT2D eigenvalue weighted by molar-refractivity contribution is 6.27. The monoisotopic (exact) mass is 261 g/mol. The third-order valence-corrected chi connectivity index (χ3v) is 3.45. The minimum Gasteiger partial charge on any atom is -0.271 e. The highest BCUT2D eigenvalue weighted by atomic mass is 35.5. The lowest BCUT2D eigenvalue weighted by atomic mass is 10.1. The first-order chi connectivity index (χ1) is 8.79. The van der Waals surface area contributed by atoms with Crippen LogP contribution in [0.2, 0.25) is 0 Å². The molecule has 92 valence electrons. The molecule has 2 aromatic carbocycles. The number of hydroxylamine groups is 1. The van der Waals surface area contributed by atoms with Gasteiger partial charge in [0.15, 0.2) is 0 Å². The van der Waals surface area contributed by atoms with Crippen molar-refractivity contribution in [3.63, 3.8) is 0 Å². The molecule has 18 heavy (non-hydrogen) atoms. The van der Waals surface area contributed by atoms with Crippen LogP contribution in [0.25, 0.3) is 10.8 Å². The number of halogens is 1. The van der Waals surface area contributed by atoms with Crippen LogP contribution < -0.4 is 5.48 Å². The summed E-state index contributed by atoms with van der Waals surface area (Å²) in [7, 11) is 0. The Morgan fingerprint density at radius 3 is 2.89 bits per heavy atom. The summed E-state index contributed by atoms with van der Waals surface area (Å²) in [6.07, 6.45) is 0.650. The number of hydrogen-bond donors (Lipinski definition) is 1. The topological polar surface area (TPSA) is 38.3 Å². The minimum atomic E-state index is -0.320. The maximum absolute atomic E-state index is 11.1. The summed E-state index contributed by atoms with van der Waals surface area (Å²) < 4.78 is 0. The van der Waals surface area contributed by atoms with E-state index >= 15 is 0 Å². The van der Waals surface area contributed by atoms with Crippen LogP contribution in [0.1, 0.15) is 17.2 Å². The average molecular weight is 262 g/mol. The molecule has 3 rings (SSSR count). The molecule has 0 saturated heterocycles. The number of carbonyl (C=O) groups is 1. The molecule has 0 bridgehead atoms. The maximum atomic E-state index is 11.1. The summed E-state index contributed by atoms with van der Waals surface area (Å²) in [4.78, 5) is 16.6. The molecule has 1 N–H and O–H groups in total. The van der Waals surface area contributed by atoms with Crippen LogP contribution in [-0.2, 0) is 16.1 Å². The summed E-state index contributed by atoms with van der Waals surface area (Å²) in [6.45, 7) is 0. The highest BCUT2D eigenvalue weighted by Gasteiger charge is 2.25. The molecule has 3 nitrogen and oxygen atoms in total. The van der Waals surface area contributed by atoms with Gasteiger partial charge in [0.25, 0.3) is 5.91 Å². The average Bonchev–Trinajstić information content (AvgIpc) is 2.77. The van der Waals surface area contributed by atoms with E-state index in [0.29, 0.717) is 0 Å². The van der Waals surface area contributed by atoms with Crippen molar-refractivity contribution < 1.29 is 9.63 Å². The van der Waals surface area contributed by atoms with Crippen LogP contribution in [0.15, 0.2) is 36.4 Å². The third kappa shape index (κ3) is 1.85. The summed E-state index contributed by atoms with van der Waals surface area (Å²) in [6, 6.07) is 12.4. The molecule has 1 aliphatic rings. The van der Waals surface area contributed by atoms with Gasteiger partial charge in [-0.05, 0) is 21.9 Å². The van der Waals surface area contributed by atoms with E-state index in [9.17, 15) is 4.79 Å². The van der Waals surface area contributed by atoms with E-state index in [1.165, 1.54) is 16.3 Å². The van der Waals surface area contributed by atoms with Gasteiger partial charge in [0, 0.05) is 6.42 Å². The number of amides is 1. The first kappa shape index (κ1) is 11.5. The molecule has 0 fully saturated rings. The Balaban J connectivity index is 1.91. The van der Waals surface area contributed by atoms with Gasteiger partial charge in [0.05, 0.1) is 0 Å². The summed E-state index contributed by atoms with van der Waals surface area (Å²) >= 11 is 5.42. The van der Waals surface area contributed by atoms with Crippen LogP contribution in [0, 0.1) is 0 Å². The van der Waals surface area contributed by atoms with Gasteiger partial charge in [-0.3, -0.25) is 9.63 Å². The lowest BCUT2D eigenvalue weighted by molar-refractivity contribution is -0.135. The summed E-state index contributed by atoms with van der Waals surface area (Å²) in [5, 5.41) is 2.45. The normalized spacial score (nSPS) is 17.1. The number of carbonyl (C=O) groups excluding carboxylic acids is 1. The number of benzene rings is 2. The Bertz CT molecular complexity index is 607. The van der Waals surface area contributed by atoms with E-state index in [2.05, 4.69) is 23.7 Å². The van der Waals surface area contributed by atoms with Crippen LogP contribution in [0.5, 0.6) is 0 Å². The van der Waals surface area contributed by atoms with Crippen LogP contribution in [-0.4, -0.2) is 11.8 Å². The second-order valence-electron chi connectivity index (χ2n) is 4.33. The second kappa shape index (κ2) is 4.59. The van der Waals surface area contributed by atoms with Crippen LogP contribution >= 0.6 is 11.6 Å². The fraction of sp³-hybridized carbons (Fsp3) is 0.214. The smallest absolute Gasteiger partial charge is 0.258 e. The number of alkyl halides is 1. The molecule has 0 radical (unpaired) electrons. The molecule has 0 saturated carbocycles. The van der Waals surface area contributed by atoms with Crippen molar-refractivity contribution in [3.8, 4) is 0 Å². The first-order valence-electron chi connectivity index (χ1n) is 5.80. The van der Waals surface area contributed by atoms with E-state index in [1.54, 1.807) is 0 Å². The highest BCUT2D eigenvalue weighted by Crippen LogP contribution is 2.38. The predicted octanol–water partition coefficient (Wildman–Crippen LogP) is 2.72. The van der Waals surface area contributed by atoms with Gasteiger partial charge in [0.2, 0.25) is 0 Å². The Morgan fingerprint density at radius 2 is 2.11 bits per heavy atom. The standard InChI is InChI=1S/C14H12ClNO2/c15-8-13(17)16-18-12-7-10-5-1-3-9-4-2-6-11(12)14(9)10/h1-6,12H,7-8H2,(H,16,17). The van der Waals surface area contributed by atoms with Crippen molar-refractivity contribution in [3.05, 3.63) is 47.5 Å².